The number of rotatable bonds is 2. The lowest BCUT2D eigenvalue weighted by atomic mass is 10.2. The van der Waals surface area contributed by atoms with Crippen molar-refractivity contribution in [2.24, 2.45) is 0 Å². The maximum absolute atomic E-state index is 10.8. The summed E-state index contributed by atoms with van der Waals surface area (Å²) in [5.41, 5.74) is 0. The fourth-order valence-corrected chi connectivity index (χ4v) is 1.73. The number of Topliss-reactive ketones (excluding diaryl/α,β-unsaturated/α-hetero) is 1. The van der Waals surface area contributed by atoms with E-state index in [1.54, 1.807) is 6.92 Å². The second kappa shape index (κ2) is 4.01. The molecule has 12 heavy (non-hydrogen) atoms. The van der Waals surface area contributed by atoms with E-state index in [4.69, 9.17) is 4.74 Å². The standard InChI is InChI=1S/C9H17NO2/c1-7(11)4-10-5-8(2)12-9(3)6-10/h8-9H,4-6H2,1-3H3. The zero-order valence-corrected chi connectivity index (χ0v) is 8.04. The summed E-state index contributed by atoms with van der Waals surface area (Å²) in [6.45, 7) is 8.04. The lowest BCUT2D eigenvalue weighted by molar-refractivity contribution is -0.121. The summed E-state index contributed by atoms with van der Waals surface area (Å²) in [6, 6.07) is 0. The minimum Gasteiger partial charge on any atom is -0.373 e. The van der Waals surface area contributed by atoms with Gasteiger partial charge < -0.3 is 4.74 Å². The molecule has 3 nitrogen and oxygen atoms in total. The Hall–Kier alpha value is -0.410. The van der Waals surface area contributed by atoms with Crippen LogP contribution in [0.4, 0.5) is 0 Å². The van der Waals surface area contributed by atoms with Gasteiger partial charge in [-0.05, 0) is 20.8 Å². The molecule has 0 spiro atoms. The highest BCUT2D eigenvalue weighted by Gasteiger charge is 2.22. The molecule has 70 valence electrons. The van der Waals surface area contributed by atoms with Crippen molar-refractivity contribution in [2.75, 3.05) is 19.6 Å². The second-order valence-electron chi connectivity index (χ2n) is 3.65. The predicted octanol–water partition coefficient (Wildman–Crippen LogP) is 0.685. The Kier molecular flexibility index (Phi) is 3.23. The molecule has 0 amide bonds. The molecule has 0 radical (unpaired) electrons. The van der Waals surface area contributed by atoms with Crippen molar-refractivity contribution in [3.05, 3.63) is 0 Å². The summed E-state index contributed by atoms with van der Waals surface area (Å²) in [6.07, 6.45) is 0.515. The van der Waals surface area contributed by atoms with E-state index in [9.17, 15) is 4.79 Å². The molecule has 2 unspecified atom stereocenters. The highest BCUT2D eigenvalue weighted by Crippen LogP contribution is 2.09. The van der Waals surface area contributed by atoms with E-state index in [0.717, 1.165) is 13.1 Å². The van der Waals surface area contributed by atoms with Crippen molar-refractivity contribution in [1.29, 1.82) is 0 Å². The number of ketones is 1. The summed E-state index contributed by atoms with van der Waals surface area (Å²) in [5, 5.41) is 0. The van der Waals surface area contributed by atoms with Crippen LogP contribution in [0.3, 0.4) is 0 Å². The monoisotopic (exact) mass is 171 g/mol. The van der Waals surface area contributed by atoms with E-state index in [2.05, 4.69) is 4.90 Å². The Balaban J connectivity index is 2.38. The van der Waals surface area contributed by atoms with Gasteiger partial charge in [-0.25, -0.2) is 0 Å². The first kappa shape index (κ1) is 9.68. The number of hydrogen-bond acceptors (Lipinski definition) is 3. The van der Waals surface area contributed by atoms with Crippen molar-refractivity contribution in [3.8, 4) is 0 Å². The molecule has 3 heteroatoms. The maximum Gasteiger partial charge on any atom is 0.143 e. The van der Waals surface area contributed by atoms with Crippen LogP contribution >= 0.6 is 0 Å². The highest BCUT2D eigenvalue weighted by molar-refractivity contribution is 5.77. The van der Waals surface area contributed by atoms with Gasteiger partial charge >= 0.3 is 0 Å². The number of nitrogens with zero attached hydrogens (tertiary/aromatic N) is 1. The van der Waals surface area contributed by atoms with Crippen LogP contribution < -0.4 is 0 Å². The van der Waals surface area contributed by atoms with Crippen LogP contribution in [-0.4, -0.2) is 42.5 Å². The molecule has 0 aromatic carbocycles. The van der Waals surface area contributed by atoms with Crippen LogP contribution in [0.25, 0.3) is 0 Å². The Morgan fingerprint density at radius 1 is 1.42 bits per heavy atom. The maximum atomic E-state index is 10.8. The van der Waals surface area contributed by atoms with Crippen molar-refractivity contribution in [1.82, 2.24) is 4.90 Å². The SMILES string of the molecule is CC(=O)CN1CC(C)OC(C)C1. The summed E-state index contributed by atoms with van der Waals surface area (Å²) in [5.74, 6) is 0.233. The molecule has 1 saturated heterocycles. The van der Waals surface area contributed by atoms with Gasteiger partial charge in [-0.2, -0.15) is 0 Å². The molecule has 0 bridgehead atoms. The number of carbonyl (C=O) groups is 1. The summed E-state index contributed by atoms with van der Waals surface area (Å²) < 4.78 is 5.54. The summed E-state index contributed by atoms with van der Waals surface area (Å²) in [4.78, 5) is 13.0. The molecular formula is C9H17NO2. The number of ether oxygens (including phenoxy) is 1. The van der Waals surface area contributed by atoms with Gasteiger partial charge in [0.25, 0.3) is 0 Å². The van der Waals surface area contributed by atoms with Gasteiger partial charge in [0.15, 0.2) is 0 Å². The lowest BCUT2D eigenvalue weighted by Crippen LogP contribution is -2.46. The van der Waals surface area contributed by atoms with E-state index in [0.29, 0.717) is 6.54 Å². The van der Waals surface area contributed by atoms with Gasteiger partial charge in [-0.1, -0.05) is 0 Å². The lowest BCUT2D eigenvalue weighted by Gasteiger charge is -2.34. The van der Waals surface area contributed by atoms with Gasteiger partial charge in [0.2, 0.25) is 0 Å². The fraction of sp³-hybridized carbons (Fsp3) is 0.889. The summed E-state index contributed by atoms with van der Waals surface area (Å²) in [7, 11) is 0. The zero-order chi connectivity index (χ0) is 9.14. The molecule has 2 atom stereocenters. The highest BCUT2D eigenvalue weighted by atomic mass is 16.5. The molecule has 0 aromatic heterocycles. The van der Waals surface area contributed by atoms with Crippen molar-refractivity contribution in [3.63, 3.8) is 0 Å². The normalized spacial score (nSPS) is 31.9. The van der Waals surface area contributed by atoms with Crippen LogP contribution in [0.2, 0.25) is 0 Å². The predicted molar refractivity (Wildman–Crippen MR) is 47.1 cm³/mol. The first-order valence-electron chi connectivity index (χ1n) is 4.45. The van der Waals surface area contributed by atoms with Crippen LogP contribution in [0.5, 0.6) is 0 Å². The topological polar surface area (TPSA) is 29.5 Å². The molecule has 1 heterocycles. The third kappa shape index (κ3) is 2.91. The average Bonchev–Trinajstić information content (AvgIpc) is 1.81. The molecule has 0 N–H and O–H groups in total. The second-order valence-corrected chi connectivity index (χ2v) is 3.65. The van der Waals surface area contributed by atoms with E-state index in [-0.39, 0.29) is 18.0 Å². The third-order valence-corrected chi connectivity index (χ3v) is 1.94. The quantitative estimate of drug-likeness (QED) is 0.612. The van der Waals surface area contributed by atoms with Gasteiger partial charge in [0.05, 0.1) is 18.8 Å². The van der Waals surface area contributed by atoms with Crippen LogP contribution in [-0.2, 0) is 9.53 Å². The Labute approximate surface area is 73.7 Å². The molecular weight excluding hydrogens is 154 g/mol. The van der Waals surface area contributed by atoms with Crippen LogP contribution in [0, 0.1) is 0 Å². The van der Waals surface area contributed by atoms with E-state index in [1.807, 2.05) is 13.8 Å². The Bertz CT molecular complexity index is 160. The molecule has 1 aliphatic rings. The molecule has 1 fully saturated rings. The Morgan fingerprint density at radius 3 is 2.33 bits per heavy atom. The van der Waals surface area contributed by atoms with Gasteiger partial charge in [-0.3, -0.25) is 9.69 Å². The molecule has 0 saturated carbocycles. The van der Waals surface area contributed by atoms with Crippen LogP contribution in [0.15, 0.2) is 0 Å². The first-order valence-corrected chi connectivity index (χ1v) is 4.45. The van der Waals surface area contributed by atoms with Crippen molar-refractivity contribution < 1.29 is 9.53 Å². The number of carbonyl (C=O) groups excluding carboxylic acids is 1. The van der Waals surface area contributed by atoms with Crippen molar-refractivity contribution >= 4 is 5.78 Å². The molecule has 1 rings (SSSR count). The minimum atomic E-state index is 0.233. The smallest absolute Gasteiger partial charge is 0.143 e. The van der Waals surface area contributed by atoms with E-state index in [1.165, 1.54) is 0 Å². The molecule has 0 aliphatic carbocycles. The summed E-state index contributed by atoms with van der Waals surface area (Å²) >= 11 is 0. The minimum absolute atomic E-state index is 0.233. The largest absolute Gasteiger partial charge is 0.373 e. The van der Waals surface area contributed by atoms with Gasteiger partial charge in [0.1, 0.15) is 5.78 Å². The van der Waals surface area contributed by atoms with E-state index >= 15 is 0 Å². The fourth-order valence-electron chi connectivity index (χ4n) is 1.73. The van der Waals surface area contributed by atoms with Crippen LogP contribution in [0.1, 0.15) is 20.8 Å². The zero-order valence-electron chi connectivity index (χ0n) is 8.04. The average molecular weight is 171 g/mol. The van der Waals surface area contributed by atoms with Gasteiger partial charge in [0, 0.05) is 13.1 Å². The number of hydrogen-bond donors (Lipinski definition) is 0. The van der Waals surface area contributed by atoms with Gasteiger partial charge in [-0.15, -0.1) is 0 Å². The third-order valence-electron chi connectivity index (χ3n) is 1.94. The number of morpholine rings is 1. The molecule has 1 aliphatic heterocycles. The molecule has 0 aromatic rings. The van der Waals surface area contributed by atoms with E-state index < -0.39 is 0 Å². The Morgan fingerprint density at radius 2 is 1.92 bits per heavy atom. The van der Waals surface area contributed by atoms with Crippen molar-refractivity contribution in [2.45, 2.75) is 33.0 Å². The first-order chi connectivity index (χ1) is 5.58.